The Morgan fingerprint density at radius 3 is 2.56 bits per heavy atom. The number of hydrogen-bond donors (Lipinski definition) is 1. The SMILES string of the molecule is Cc1ccc2c(c1)C(=O)N(CC(=O)N1C(C(=O)O)CC3CCCCC31)C2=O. The summed E-state index contributed by atoms with van der Waals surface area (Å²) in [5, 5.41) is 9.58. The minimum atomic E-state index is -1.02. The van der Waals surface area contributed by atoms with Crippen LogP contribution in [-0.4, -0.2) is 57.2 Å². The Hall–Kier alpha value is -2.70. The number of aliphatic carboxylic acids is 1. The molecule has 7 nitrogen and oxygen atoms in total. The van der Waals surface area contributed by atoms with Crippen molar-refractivity contribution < 1.29 is 24.3 Å². The van der Waals surface area contributed by atoms with E-state index in [1.807, 2.05) is 6.92 Å². The van der Waals surface area contributed by atoms with Crippen LogP contribution in [0.1, 0.15) is 58.4 Å². The van der Waals surface area contributed by atoms with E-state index in [0.29, 0.717) is 17.5 Å². The topological polar surface area (TPSA) is 95.0 Å². The molecule has 3 aliphatic rings. The molecule has 27 heavy (non-hydrogen) atoms. The normalized spacial score (nSPS) is 26.9. The predicted octanol–water partition coefficient (Wildman–Crippen LogP) is 1.84. The smallest absolute Gasteiger partial charge is 0.326 e. The quantitative estimate of drug-likeness (QED) is 0.819. The molecule has 0 radical (unpaired) electrons. The number of benzene rings is 1. The van der Waals surface area contributed by atoms with Crippen molar-refractivity contribution in [2.75, 3.05) is 6.54 Å². The molecule has 0 bridgehead atoms. The van der Waals surface area contributed by atoms with E-state index in [-0.39, 0.29) is 12.0 Å². The lowest BCUT2D eigenvalue weighted by Gasteiger charge is -2.33. The van der Waals surface area contributed by atoms with Gasteiger partial charge in [0, 0.05) is 6.04 Å². The van der Waals surface area contributed by atoms with Crippen molar-refractivity contribution in [2.45, 2.75) is 51.1 Å². The highest BCUT2D eigenvalue weighted by molar-refractivity contribution is 6.22. The van der Waals surface area contributed by atoms with Crippen LogP contribution in [0.4, 0.5) is 0 Å². The van der Waals surface area contributed by atoms with Crippen LogP contribution < -0.4 is 0 Å². The van der Waals surface area contributed by atoms with Gasteiger partial charge in [-0.1, -0.05) is 24.5 Å². The zero-order valence-corrected chi connectivity index (χ0v) is 15.2. The number of nitrogens with zero attached hydrogens (tertiary/aromatic N) is 2. The molecule has 2 heterocycles. The second-order valence-corrected chi connectivity index (χ2v) is 7.75. The number of fused-ring (bicyclic) bond motifs is 2. The standard InChI is InChI=1S/C20H22N2O5/c1-11-6-7-13-14(8-11)19(25)21(18(13)24)10-17(23)22-15-5-3-2-4-12(15)9-16(22)20(26)27/h6-8,12,15-16H,2-5,9-10H2,1H3,(H,26,27). The van der Waals surface area contributed by atoms with Gasteiger partial charge in [0.1, 0.15) is 12.6 Å². The summed E-state index contributed by atoms with van der Waals surface area (Å²) < 4.78 is 0. The van der Waals surface area contributed by atoms with Crippen LogP contribution in [0.2, 0.25) is 0 Å². The molecule has 3 atom stereocenters. The van der Waals surface area contributed by atoms with E-state index in [1.54, 1.807) is 18.2 Å². The largest absolute Gasteiger partial charge is 0.480 e. The zero-order chi connectivity index (χ0) is 19.3. The third-order valence-corrected chi connectivity index (χ3v) is 6.08. The van der Waals surface area contributed by atoms with Crippen LogP contribution in [0.25, 0.3) is 0 Å². The summed E-state index contributed by atoms with van der Waals surface area (Å²) >= 11 is 0. The lowest BCUT2D eigenvalue weighted by molar-refractivity contribution is -0.149. The Morgan fingerprint density at radius 1 is 1.11 bits per heavy atom. The average molecular weight is 370 g/mol. The fourth-order valence-corrected chi connectivity index (χ4v) is 4.80. The first-order valence-electron chi connectivity index (χ1n) is 9.39. The van der Waals surface area contributed by atoms with Crippen LogP contribution in [0.3, 0.4) is 0 Å². The van der Waals surface area contributed by atoms with Gasteiger partial charge < -0.3 is 10.0 Å². The number of rotatable bonds is 3. The summed E-state index contributed by atoms with van der Waals surface area (Å²) in [6.07, 6.45) is 4.16. The van der Waals surface area contributed by atoms with E-state index < -0.39 is 36.3 Å². The number of amides is 3. The van der Waals surface area contributed by atoms with Gasteiger partial charge in [0.25, 0.3) is 11.8 Å². The van der Waals surface area contributed by atoms with Crippen LogP contribution >= 0.6 is 0 Å². The third kappa shape index (κ3) is 2.81. The molecule has 0 aromatic heterocycles. The zero-order valence-electron chi connectivity index (χ0n) is 15.2. The molecule has 7 heteroatoms. The van der Waals surface area contributed by atoms with Crippen molar-refractivity contribution in [3.05, 3.63) is 34.9 Å². The van der Waals surface area contributed by atoms with Gasteiger partial charge in [-0.25, -0.2) is 4.79 Å². The van der Waals surface area contributed by atoms with Crippen molar-refractivity contribution in [2.24, 2.45) is 5.92 Å². The van der Waals surface area contributed by atoms with E-state index in [1.165, 1.54) is 4.90 Å². The second kappa shape index (κ2) is 6.48. The van der Waals surface area contributed by atoms with E-state index in [0.717, 1.165) is 36.1 Å². The van der Waals surface area contributed by atoms with Gasteiger partial charge in [0.15, 0.2) is 0 Å². The van der Waals surface area contributed by atoms with Crippen LogP contribution in [0.5, 0.6) is 0 Å². The molecule has 1 saturated carbocycles. The number of hydrogen-bond acceptors (Lipinski definition) is 4. The van der Waals surface area contributed by atoms with Gasteiger partial charge >= 0.3 is 5.97 Å². The van der Waals surface area contributed by atoms with Gasteiger partial charge in [-0.15, -0.1) is 0 Å². The maximum atomic E-state index is 13.0. The number of imide groups is 1. The maximum absolute atomic E-state index is 13.0. The van der Waals surface area contributed by atoms with Crippen molar-refractivity contribution in [3.63, 3.8) is 0 Å². The number of likely N-dealkylation sites (tertiary alicyclic amines) is 1. The van der Waals surface area contributed by atoms with E-state index >= 15 is 0 Å². The van der Waals surface area contributed by atoms with Gasteiger partial charge in [0.2, 0.25) is 5.91 Å². The summed E-state index contributed by atoms with van der Waals surface area (Å²) in [5.74, 6) is -2.26. The predicted molar refractivity (Wildman–Crippen MR) is 95.2 cm³/mol. The molecule has 2 aliphatic heterocycles. The lowest BCUT2D eigenvalue weighted by Crippen LogP contribution is -2.50. The van der Waals surface area contributed by atoms with Crippen molar-refractivity contribution in [3.8, 4) is 0 Å². The van der Waals surface area contributed by atoms with E-state index in [4.69, 9.17) is 0 Å². The number of carboxylic acid groups (broad SMARTS) is 1. The average Bonchev–Trinajstić information content (AvgIpc) is 3.14. The van der Waals surface area contributed by atoms with Crippen molar-refractivity contribution in [1.82, 2.24) is 9.80 Å². The Kier molecular flexibility index (Phi) is 4.25. The number of carbonyl (C=O) groups excluding carboxylic acids is 3. The molecule has 1 aromatic carbocycles. The molecule has 1 saturated heterocycles. The molecule has 1 N–H and O–H groups in total. The summed E-state index contributed by atoms with van der Waals surface area (Å²) in [4.78, 5) is 52.3. The second-order valence-electron chi connectivity index (χ2n) is 7.75. The van der Waals surface area contributed by atoms with E-state index in [2.05, 4.69) is 0 Å². The third-order valence-electron chi connectivity index (χ3n) is 6.08. The van der Waals surface area contributed by atoms with Crippen molar-refractivity contribution >= 4 is 23.7 Å². The fourth-order valence-electron chi connectivity index (χ4n) is 4.80. The Labute approximate surface area is 156 Å². The maximum Gasteiger partial charge on any atom is 0.326 e. The first-order chi connectivity index (χ1) is 12.9. The van der Waals surface area contributed by atoms with Crippen LogP contribution in [0, 0.1) is 12.8 Å². The number of aryl methyl sites for hydroxylation is 1. The molecule has 142 valence electrons. The summed E-state index contributed by atoms with van der Waals surface area (Å²) in [6, 6.07) is 4.02. The monoisotopic (exact) mass is 370 g/mol. The minimum Gasteiger partial charge on any atom is -0.480 e. The minimum absolute atomic E-state index is 0.107. The Bertz CT molecular complexity index is 849. The Balaban J connectivity index is 1.57. The Morgan fingerprint density at radius 2 is 1.81 bits per heavy atom. The van der Waals surface area contributed by atoms with Gasteiger partial charge in [-0.2, -0.15) is 0 Å². The molecular weight excluding hydrogens is 348 g/mol. The summed E-state index contributed by atoms with van der Waals surface area (Å²) in [5.41, 5.74) is 1.46. The van der Waals surface area contributed by atoms with Gasteiger partial charge in [0.05, 0.1) is 11.1 Å². The highest BCUT2D eigenvalue weighted by Crippen LogP contribution is 2.40. The molecule has 1 aromatic rings. The highest BCUT2D eigenvalue weighted by Gasteiger charge is 2.48. The molecule has 0 spiro atoms. The number of carboxylic acids is 1. The van der Waals surface area contributed by atoms with Gasteiger partial charge in [-0.3, -0.25) is 19.3 Å². The van der Waals surface area contributed by atoms with E-state index in [9.17, 15) is 24.3 Å². The fraction of sp³-hybridized carbons (Fsp3) is 0.500. The van der Waals surface area contributed by atoms with Crippen LogP contribution in [-0.2, 0) is 9.59 Å². The molecule has 3 unspecified atom stereocenters. The first kappa shape index (κ1) is 17.7. The molecular formula is C20H22N2O5. The molecule has 1 aliphatic carbocycles. The van der Waals surface area contributed by atoms with Crippen molar-refractivity contribution in [1.29, 1.82) is 0 Å². The first-order valence-corrected chi connectivity index (χ1v) is 9.39. The summed E-state index contributed by atoms with van der Waals surface area (Å²) in [6.45, 7) is 1.43. The highest BCUT2D eigenvalue weighted by atomic mass is 16.4. The number of carbonyl (C=O) groups is 4. The molecule has 3 amide bonds. The van der Waals surface area contributed by atoms with Crippen LogP contribution in [0.15, 0.2) is 18.2 Å². The van der Waals surface area contributed by atoms with Gasteiger partial charge in [-0.05, 0) is 44.2 Å². The lowest BCUT2D eigenvalue weighted by atomic mass is 9.85. The molecule has 4 rings (SSSR count). The summed E-state index contributed by atoms with van der Waals surface area (Å²) in [7, 11) is 0. The molecule has 2 fully saturated rings.